The van der Waals surface area contributed by atoms with Gasteiger partial charge in [0.2, 0.25) is 0 Å². The summed E-state index contributed by atoms with van der Waals surface area (Å²) in [4.78, 5) is 19.3. The Hall–Kier alpha value is -3.25. The Morgan fingerprint density at radius 3 is 2.25 bits per heavy atom. The Morgan fingerprint density at radius 1 is 1.07 bits per heavy atom. The Kier molecular flexibility index (Phi) is 11.4. The number of allylic oxidation sites excluding steroid dienone is 8. The highest BCUT2D eigenvalue weighted by Crippen LogP contribution is 2.39. The molecule has 6 heteroatoms. The Morgan fingerprint density at radius 2 is 1.70 bits per heavy atom. The van der Waals surface area contributed by atoms with Gasteiger partial charge in [-0.25, -0.2) is 9.67 Å². The van der Waals surface area contributed by atoms with Crippen LogP contribution in [0.15, 0.2) is 70.0 Å². The van der Waals surface area contributed by atoms with E-state index in [0.29, 0.717) is 12.1 Å². The number of amides is 1. The Balaban J connectivity index is 2.06. The summed E-state index contributed by atoms with van der Waals surface area (Å²) in [7, 11) is 0. The molecule has 3 heterocycles. The van der Waals surface area contributed by atoms with Gasteiger partial charge in [-0.15, -0.1) is 0 Å². The van der Waals surface area contributed by atoms with E-state index in [2.05, 4.69) is 123 Å². The second-order valence-corrected chi connectivity index (χ2v) is 14.5. The molecule has 0 spiro atoms. The van der Waals surface area contributed by atoms with E-state index in [-0.39, 0.29) is 28.9 Å². The van der Waals surface area contributed by atoms with Gasteiger partial charge in [-0.05, 0) is 132 Å². The van der Waals surface area contributed by atoms with Crippen LogP contribution < -0.4 is 10.6 Å². The van der Waals surface area contributed by atoms with Gasteiger partial charge in [0.15, 0.2) is 5.65 Å². The number of piperidine rings is 1. The molecule has 0 aromatic carbocycles. The number of fused-ring (bicyclic) bond motifs is 1. The van der Waals surface area contributed by atoms with E-state index < -0.39 is 0 Å². The molecule has 0 atom stereocenters. The van der Waals surface area contributed by atoms with Crippen molar-refractivity contribution in [3.8, 4) is 0 Å². The summed E-state index contributed by atoms with van der Waals surface area (Å²) < 4.78 is 1.94. The molecule has 1 amide bonds. The van der Waals surface area contributed by atoms with Crippen molar-refractivity contribution in [1.29, 1.82) is 0 Å². The molecule has 0 saturated carbocycles. The maximum Gasteiger partial charge on any atom is 0.252 e. The van der Waals surface area contributed by atoms with E-state index in [0.717, 1.165) is 41.6 Å². The van der Waals surface area contributed by atoms with Crippen LogP contribution in [0.5, 0.6) is 0 Å². The first kappa shape index (κ1) is 35.2. The fourth-order valence-electron chi connectivity index (χ4n) is 6.81. The summed E-state index contributed by atoms with van der Waals surface area (Å²) in [5, 5.41) is 12.6. The molecule has 3 rings (SSSR count). The number of pyridine rings is 1. The molecule has 0 unspecified atom stereocenters. The lowest BCUT2D eigenvalue weighted by molar-refractivity contribution is 0.0958. The molecule has 1 fully saturated rings. The lowest BCUT2D eigenvalue weighted by Crippen LogP contribution is -2.57. The van der Waals surface area contributed by atoms with Crippen molar-refractivity contribution in [3.63, 3.8) is 0 Å². The average Bonchev–Trinajstić information content (AvgIpc) is 3.36. The number of carbonyl (C=O) groups is 1. The van der Waals surface area contributed by atoms with Crippen LogP contribution in [-0.2, 0) is 0 Å². The molecule has 0 bridgehead atoms. The summed E-state index contributed by atoms with van der Waals surface area (Å²) in [6.07, 6.45) is 13.0. The van der Waals surface area contributed by atoms with Crippen LogP contribution >= 0.6 is 0 Å². The van der Waals surface area contributed by atoms with Gasteiger partial charge < -0.3 is 10.6 Å². The molecule has 1 saturated heterocycles. The third kappa shape index (κ3) is 8.47. The number of hydrogen-bond donors (Lipinski definition) is 2. The quantitative estimate of drug-likeness (QED) is 0.267. The van der Waals surface area contributed by atoms with Crippen LogP contribution in [0, 0.1) is 0 Å². The molecule has 240 valence electrons. The van der Waals surface area contributed by atoms with Gasteiger partial charge in [0.1, 0.15) is 0 Å². The first-order chi connectivity index (χ1) is 20.5. The molecular weight excluding hydrogens is 542 g/mol. The zero-order chi connectivity index (χ0) is 33.0. The van der Waals surface area contributed by atoms with E-state index in [1.54, 1.807) is 6.20 Å². The van der Waals surface area contributed by atoms with Crippen LogP contribution in [0.1, 0.15) is 137 Å². The van der Waals surface area contributed by atoms with Gasteiger partial charge in [0.05, 0.1) is 17.1 Å². The first-order valence-corrected chi connectivity index (χ1v) is 16.2. The van der Waals surface area contributed by atoms with Crippen molar-refractivity contribution in [1.82, 2.24) is 25.4 Å². The topological polar surface area (TPSA) is 71.8 Å². The van der Waals surface area contributed by atoms with Gasteiger partial charge in [-0.1, -0.05) is 41.0 Å². The number of aromatic nitrogens is 3. The molecule has 1 aliphatic rings. The molecule has 0 radical (unpaired) electrons. The second-order valence-electron chi connectivity index (χ2n) is 14.5. The maximum atomic E-state index is 14.1. The highest BCUT2D eigenvalue weighted by molar-refractivity contribution is 6.05. The number of hydrogen-bond acceptors (Lipinski definition) is 4. The van der Waals surface area contributed by atoms with Crippen molar-refractivity contribution in [2.24, 2.45) is 0 Å². The minimum absolute atomic E-state index is 0.0337. The van der Waals surface area contributed by atoms with E-state index in [1.807, 2.05) is 17.7 Å². The highest BCUT2D eigenvalue weighted by Gasteiger charge is 2.39. The minimum atomic E-state index is -0.0912. The number of nitrogens with zero attached hydrogens (tertiary/aromatic N) is 3. The van der Waals surface area contributed by atoms with Crippen LogP contribution in [-0.4, -0.2) is 38.3 Å². The average molecular weight is 600 g/mol. The van der Waals surface area contributed by atoms with Crippen LogP contribution in [0.3, 0.4) is 0 Å². The van der Waals surface area contributed by atoms with Gasteiger partial charge in [0.25, 0.3) is 5.91 Å². The molecule has 0 aliphatic carbocycles. The van der Waals surface area contributed by atoms with Crippen molar-refractivity contribution in [2.75, 3.05) is 6.54 Å². The summed E-state index contributed by atoms with van der Waals surface area (Å²) in [5.74, 6) is 0.140. The molecule has 2 N–H and O–H groups in total. The van der Waals surface area contributed by atoms with Crippen LogP contribution in [0.2, 0.25) is 0 Å². The number of rotatable bonds is 10. The number of carbonyl (C=O) groups excluding carboxylic acids is 1. The third-order valence-corrected chi connectivity index (χ3v) is 8.80. The minimum Gasteiger partial charge on any atom is -0.348 e. The monoisotopic (exact) mass is 599 g/mol. The summed E-state index contributed by atoms with van der Waals surface area (Å²) in [6.45, 7) is 28.6. The molecule has 44 heavy (non-hydrogen) atoms. The zero-order valence-corrected chi connectivity index (χ0v) is 29.7. The molecule has 1 aliphatic heterocycles. The maximum absolute atomic E-state index is 14.1. The number of nitrogens with one attached hydrogen (secondary N) is 2. The summed E-state index contributed by atoms with van der Waals surface area (Å²) in [5.41, 5.74) is 9.79. The predicted molar refractivity (Wildman–Crippen MR) is 187 cm³/mol. The Bertz CT molecular complexity index is 1500. The zero-order valence-electron chi connectivity index (χ0n) is 29.7. The fourth-order valence-corrected chi connectivity index (χ4v) is 6.81. The van der Waals surface area contributed by atoms with Crippen molar-refractivity contribution >= 4 is 16.9 Å². The van der Waals surface area contributed by atoms with Crippen LogP contribution in [0.4, 0.5) is 0 Å². The SMILES string of the molecule is CC=CC=C(C)CC(=C(C)C)C(C)=C(CNC(=O)c1cc(C2CC(C)(C)NC(C)(C)C2)nc2c1cnn2C(C)C)C(C)=CC. The van der Waals surface area contributed by atoms with Gasteiger partial charge in [-0.2, -0.15) is 5.10 Å². The normalized spacial score (nSPS) is 18.2. The van der Waals surface area contributed by atoms with E-state index in [4.69, 9.17) is 4.98 Å². The molecule has 2 aromatic heterocycles. The largest absolute Gasteiger partial charge is 0.348 e. The predicted octanol–water partition coefficient (Wildman–Crippen LogP) is 9.30. The lowest BCUT2D eigenvalue weighted by atomic mass is 9.74. The van der Waals surface area contributed by atoms with Crippen molar-refractivity contribution < 1.29 is 4.79 Å². The standard InChI is InChI=1S/C38H57N5O/c1-14-16-17-26(7)18-30(24(3)4)28(9)32(27(8)15-2)22-39-36(44)31-19-34(29-20-37(10,11)42-38(12,13)21-29)41-35-33(31)23-40-43(35)25(5)6/h14-17,19,23,25,29,42H,18,20-22H2,1-13H3,(H,39,44). The van der Waals surface area contributed by atoms with Crippen LogP contribution in [0.25, 0.3) is 11.0 Å². The van der Waals surface area contributed by atoms with Gasteiger partial charge in [-0.3, -0.25) is 4.79 Å². The first-order valence-electron chi connectivity index (χ1n) is 16.2. The van der Waals surface area contributed by atoms with E-state index in [1.165, 1.54) is 27.9 Å². The Labute approximate surface area is 266 Å². The third-order valence-electron chi connectivity index (χ3n) is 8.80. The highest BCUT2D eigenvalue weighted by atomic mass is 16.1. The van der Waals surface area contributed by atoms with Gasteiger partial charge >= 0.3 is 0 Å². The fraction of sp³-hybridized carbons (Fsp3) is 0.553. The van der Waals surface area contributed by atoms with E-state index >= 15 is 0 Å². The molecule has 2 aromatic rings. The summed E-state index contributed by atoms with van der Waals surface area (Å²) >= 11 is 0. The summed E-state index contributed by atoms with van der Waals surface area (Å²) in [6, 6.07) is 2.16. The van der Waals surface area contributed by atoms with Crippen molar-refractivity contribution in [2.45, 2.75) is 132 Å². The smallest absolute Gasteiger partial charge is 0.252 e. The van der Waals surface area contributed by atoms with Crippen molar-refractivity contribution in [3.05, 3.63) is 81.3 Å². The molecule has 6 nitrogen and oxygen atoms in total. The lowest BCUT2D eigenvalue weighted by Gasteiger charge is -2.46. The van der Waals surface area contributed by atoms with Gasteiger partial charge in [0, 0.05) is 35.3 Å². The van der Waals surface area contributed by atoms with E-state index in [9.17, 15) is 4.79 Å². The molecular formula is C38H57N5O. The second kappa shape index (κ2) is 14.2.